The molecule has 0 bridgehead atoms. The van der Waals surface area contributed by atoms with Crippen LogP contribution in [0.15, 0.2) is 12.7 Å². The summed E-state index contributed by atoms with van der Waals surface area (Å²) in [7, 11) is 0. The van der Waals surface area contributed by atoms with E-state index in [1.165, 1.54) is 6.08 Å². The first-order valence-electron chi connectivity index (χ1n) is 5.34. The largest absolute Gasteiger partial charge is 0.453 e. The smallest absolute Gasteiger partial charge is 0.345 e. The zero-order valence-electron chi connectivity index (χ0n) is 10.4. The first kappa shape index (κ1) is 14.7. The van der Waals surface area contributed by atoms with Crippen LogP contribution in [-0.4, -0.2) is 24.1 Å². The van der Waals surface area contributed by atoms with Crippen molar-refractivity contribution in [3.63, 3.8) is 0 Å². The molecule has 0 amide bonds. The Hall–Kier alpha value is -1.32. The van der Waals surface area contributed by atoms with Crippen LogP contribution in [0.4, 0.5) is 0 Å². The number of hydrogen-bond acceptors (Lipinski definition) is 4. The standard InChI is InChI=1S/C12H20O4/c1-6-9(3)11(14)15-8-10(13)16-12(4,5)7-2/h7,9H,2,6,8H2,1,3-5H3. The van der Waals surface area contributed by atoms with Crippen molar-refractivity contribution in [3.05, 3.63) is 12.7 Å². The molecule has 0 fully saturated rings. The molecule has 4 heteroatoms. The van der Waals surface area contributed by atoms with Crippen LogP contribution in [0.5, 0.6) is 0 Å². The molecule has 0 aliphatic carbocycles. The molecule has 0 aliphatic rings. The maximum absolute atomic E-state index is 11.3. The molecule has 0 aliphatic heterocycles. The van der Waals surface area contributed by atoms with Crippen molar-refractivity contribution >= 4 is 11.9 Å². The molecule has 0 aromatic carbocycles. The van der Waals surface area contributed by atoms with Gasteiger partial charge in [-0.05, 0) is 26.3 Å². The van der Waals surface area contributed by atoms with Crippen LogP contribution < -0.4 is 0 Å². The number of hydrogen-bond donors (Lipinski definition) is 0. The van der Waals surface area contributed by atoms with Crippen molar-refractivity contribution in [2.75, 3.05) is 6.61 Å². The molecule has 0 spiro atoms. The van der Waals surface area contributed by atoms with Crippen molar-refractivity contribution < 1.29 is 19.1 Å². The third kappa shape index (κ3) is 5.53. The number of carbonyl (C=O) groups is 2. The molecular weight excluding hydrogens is 208 g/mol. The molecule has 4 nitrogen and oxygen atoms in total. The summed E-state index contributed by atoms with van der Waals surface area (Å²) in [4.78, 5) is 22.5. The predicted molar refractivity (Wildman–Crippen MR) is 60.8 cm³/mol. The summed E-state index contributed by atoms with van der Waals surface area (Å²) < 4.78 is 9.82. The Morgan fingerprint density at radius 1 is 1.44 bits per heavy atom. The minimum absolute atomic E-state index is 0.194. The quantitative estimate of drug-likeness (QED) is 0.516. The third-order valence-electron chi connectivity index (χ3n) is 2.22. The zero-order valence-corrected chi connectivity index (χ0v) is 10.4. The Morgan fingerprint density at radius 2 is 2.00 bits per heavy atom. The monoisotopic (exact) mass is 228 g/mol. The molecular formula is C12H20O4. The molecule has 0 heterocycles. The Kier molecular flexibility index (Phi) is 5.78. The zero-order chi connectivity index (χ0) is 12.8. The highest BCUT2D eigenvalue weighted by Crippen LogP contribution is 2.10. The normalized spacial score (nSPS) is 12.8. The Balaban J connectivity index is 4.00. The van der Waals surface area contributed by atoms with Gasteiger partial charge in [0.2, 0.25) is 0 Å². The Bertz CT molecular complexity index is 268. The summed E-state index contributed by atoms with van der Waals surface area (Å²) in [5.41, 5.74) is -0.736. The molecule has 0 saturated carbocycles. The van der Waals surface area contributed by atoms with Crippen LogP contribution in [0, 0.1) is 5.92 Å². The second-order valence-corrected chi connectivity index (χ2v) is 4.20. The first-order valence-corrected chi connectivity index (χ1v) is 5.34. The van der Waals surface area contributed by atoms with Crippen LogP contribution in [-0.2, 0) is 19.1 Å². The summed E-state index contributed by atoms with van der Waals surface area (Å²) in [6.07, 6.45) is 2.20. The molecule has 0 N–H and O–H groups in total. The van der Waals surface area contributed by atoms with E-state index >= 15 is 0 Å². The molecule has 16 heavy (non-hydrogen) atoms. The van der Waals surface area contributed by atoms with Crippen molar-refractivity contribution in [1.82, 2.24) is 0 Å². The van der Waals surface area contributed by atoms with Gasteiger partial charge in [-0.1, -0.05) is 20.4 Å². The number of ether oxygens (including phenoxy) is 2. The van der Waals surface area contributed by atoms with Crippen LogP contribution in [0.25, 0.3) is 0 Å². The van der Waals surface area contributed by atoms with Crippen molar-refractivity contribution in [1.29, 1.82) is 0 Å². The summed E-state index contributed by atoms with van der Waals surface area (Å²) >= 11 is 0. The van der Waals surface area contributed by atoms with E-state index in [1.807, 2.05) is 6.92 Å². The lowest BCUT2D eigenvalue weighted by atomic mass is 10.1. The van der Waals surface area contributed by atoms with Gasteiger partial charge in [0, 0.05) is 0 Å². The average molecular weight is 228 g/mol. The molecule has 1 unspecified atom stereocenters. The van der Waals surface area contributed by atoms with Crippen LogP contribution in [0.3, 0.4) is 0 Å². The molecule has 0 rings (SSSR count). The lowest BCUT2D eigenvalue weighted by Gasteiger charge is -2.20. The van der Waals surface area contributed by atoms with Crippen LogP contribution >= 0.6 is 0 Å². The second kappa shape index (κ2) is 6.30. The van der Waals surface area contributed by atoms with Gasteiger partial charge in [0.25, 0.3) is 0 Å². The van der Waals surface area contributed by atoms with Gasteiger partial charge in [-0.2, -0.15) is 0 Å². The van der Waals surface area contributed by atoms with Crippen molar-refractivity contribution in [2.45, 2.75) is 39.7 Å². The molecule has 0 aromatic rings. The van der Waals surface area contributed by atoms with Gasteiger partial charge in [0.1, 0.15) is 5.60 Å². The predicted octanol–water partition coefficient (Wildman–Crippen LogP) is 2.08. The summed E-state index contributed by atoms with van der Waals surface area (Å²) in [5, 5.41) is 0. The van der Waals surface area contributed by atoms with E-state index in [4.69, 9.17) is 9.47 Å². The van der Waals surface area contributed by atoms with Gasteiger partial charge >= 0.3 is 11.9 Å². The van der Waals surface area contributed by atoms with Crippen molar-refractivity contribution in [2.24, 2.45) is 5.92 Å². The van der Waals surface area contributed by atoms with E-state index in [0.29, 0.717) is 6.42 Å². The van der Waals surface area contributed by atoms with E-state index in [-0.39, 0.29) is 18.5 Å². The topological polar surface area (TPSA) is 52.6 Å². The van der Waals surface area contributed by atoms with E-state index in [9.17, 15) is 9.59 Å². The average Bonchev–Trinajstić information content (AvgIpc) is 2.24. The maximum atomic E-state index is 11.3. The molecule has 1 atom stereocenters. The Morgan fingerprint density at radius 3 is 2.44 bits per heavy atom. The second-order valence-electron chi connectivity index (χ2n) is 4.20. The fraction of sp³-hybridized carbons (Fsp3) is 0.667. The maximum Gasteiger partial charge on any atom is 0.345 e. The lowest BCUT2D eigenvalue weighted by molar-refractivity contribution is -0.166. The Labute approximate surface area is 96.6 Å². The lowest BCUT2D eigenvalue weighted by Crippen LogP contribution is -2.29. The highest BCUT2D eigenvalue weighted by atomic mass is 16.6. The minimum atomic E-state index is -0.736. The summed E-state index contributed by atoms with van der Waals surface area (Å²) in [6, 6.07) is 0. The SMILES string of the molecule is C=CC(C)(C)OC(=O)COC(=O)C(C)CC. The number of esters is 2. The minimum Gasteiger partial charge on any atom is -0.453 e. The number of carbonyl (C=O) groups excluding carboxylic acids is 2. The highest BCUT2D eigenvalue weighted by Gasteiger charge is 2.20. The van der Waals surface area contributed by atoms with Gasteiger partial charge in [0.05, 0.1) is 5.92 Å². The highest BCUT2D eigenvalue weighted by molar-refractivity contribution is 5.77. The van der Waals surface area contributed by atoms with Crippen LogP contribution in [0.1, 0.15) is 34.1 Å². The third-order valence-corrected chi connectivity index (χ3v) is 2.22. The summed E-state index contributed by atoms with van der Waals surface area (Å²) in [5.74, 6) is -1.14. The van der Waals surface area contributed by atoms with Gasteiger partial charge in [-0.3, -0.25) is 4.79 Å². The van der Waals surface area contributed by atoms with Gasteiger partial charge in [0.15, 0.2) is 6.61 Å². The van der Waals surface area contributed by atoms with Crippen LogP contribution in [0.2, 0.25) is 0 Å². The van der Waals surface area contributed by atoms with E-state index in [0.717, 1.165) is 0 Å². The van der Waals surface area contributed by atoms with Gasteiger partial charge < -0.3 is 9.47 Å². The van der Waals surface area contributed by atoms with E-state index in [2.05, 4.69) is 6.58 Å². The fourth-order valence-electron chi connectivity index (χ4n) is 0.804. The molecule has 92 valence electrons. The molecule has 0 radical (unpaired) electrons. The van der Waals surface area contributed by atoms with E-state index < -0.39 is 11.6 Å². The summed E-state index contributed by atoms with van der Waals surface area (Å²) in [6.45, 7) is 10.2. The van der Waals surface area contributed by atoms with Gasteiger partial charge in [-0.25, -0.2) is 4.79 Å². The first-order chi connectivity index (χ1) is 7.32. The molecule has 0 saturated heterocycles. The molecule has 0 aromatic heterocycles. The van der Waals surface area contributed by atoms with Gasteiger partial charge in [-0.15, -0.1) is 0 Å². The fourth-order valence-corrected chi connectivity index (χ4v) is 0.804. The van der Waals surface area contributed by atoms with E-state index in [1.54, 1.807) is 20.8 Å². The van der Waals surface area contributed by atoms with Crippen molar-refractivity contribution in [3.8, 4) is 0 Å². The number of rotatable bonds is 6.